The van der Waals surface area contributed by atoms with Crippen molar-refractivity contribution in [3.05, 3.63) is 69.9 Å². The number of para-hydroxylation sites is 1. The Morgan fingerprint density at radius 2 is 2.00 bits per heavy atom. The van der Waals surface area contributed by atoms with Crippen LogP contribution in [-0.4, -0.2) is 21.6 Å². The molecule has 0 spiro atoms. The van der Waals surface area contributed by atoms with Crippen LogP contribution in [0.4, 0.5) is 5.69 Å². The van der Waals surface area contributed by atoms with Crippen LogP contribution in [0.15, 0.2) is 48.7 Å². The van der Waals surface area contributed by atoms with Crippen molar-refractivity contribution in [2.45, 2.75) is 13.0 Å². The highest BCUT2D eigenvalue weighted by molar-refractivity contribution is 5.84. The van der Waals surface area contributed by atoms with Crippen molar-refractivity contribution in [1.29, 1.82) is 0 Å². The second-order valence-corrected chi connectivity index (χ2v) is 5.36. The molecule has 1 heterocycles. The molecule has 1 aromatic heterocycles. The number of nitro benzene ring substituents is 1. The maximum absolute atomic E-state index is 11.0. The number of nitrogens with one attached hydrogen (secondary N) is 2. The molecule has 3 rings (SSSR count). The number of hydrogen-bond donors (Lipinski definition) is 3. The van der Waals surface area contributed by atoms with Gasteiger partial charge in [0.1, 0.15) is 5.75 Å². The largest absolute Gasteiger partial charge is 0.508 e. The van der Waals surface area contributed by atoms with Gasteiger partial charge in [0.2, 0.25) is 0 Å². The number of H-pyrrole nitrogens is 1. The zero-order valence-electron chi connectivity index (χ0n) is 12.5. The second-order valence-electron chi connectivity index (χ2n) is 5.36. The molecule has 0 atom stereocenters. The van der Waals surface area contributed by atoms with E-state index in [1.54, 1.807) is 30.3 Å². The van der Waals surface area contributed by atoms with Crippen molar-refractivity contribution in [3.63, 3.8) is 0 Å². The SMILES string of the molecule is O=[N+]([O-])c1ccccc1CNCCc1c[nH]c2ccc(O)cc12. The number of rotatable bonds is 6. The van der Waals surface area contributed by atoms with Crippen molar-refractivity contribution < 1.29 is 10.0 Å². The summed E-state index contributed by atoms with van der Waals surface area (Å²) in [5.74, 6) is 0.242. The van der Waals surface area contributed by atoms with E-state index >= 15 is 0 Å². The van der Waals surface area contributed by atoms with E-state index in [1.807, 2.05) is 12.3 Å². The molecule has 0 saturated carbocycles. The molecule has 2 aromatic carbocycles. The number of aromatic nitrogens is 1. The van der Waals surface area contributed by atoms with E-state index in [1.165, 1.54) is 6.07 Å². The standard InChI is InChI=1S/C17H17N3O3/c21-14-5-6-16-15(9-14)12(11-19-16)7-8-18-10-13-3-1-2-4-17(13)20(22)23/h1-6,9,11,18-19,21H,7-8,10H2. The minimum absolute atomic E-state index is 0.136. The van der Waals surface area contributed by atoms with Crippen LogP contribution in [0.25, 0.3) is 10.9 Å². The number of phenolic OH excluding ortho intramolecular Hbond substituents is 1. The first-order valence-corrected chi connectivity index (χ1v) is 7.37. The number of aromatic hydroxyl groups is 1. The molecule has 6 heteroatoms. The molecule has 0 bridgehead atoms. The van der Waals surface area contributed by atoms with Gasteiger partial charge < -0.3 is 15.4 Å². The smallest absolute Gasteiger partial charge is 0.273 e. The highest BCUT2D eigenvalue weighted by atomic mass is 16.6. The van der Waals surface area contributed by atoms with E-state index in [0.29, 0.717) is 18.7 Å². The number of nitrogens with zero attached hydrogens (tertiary/aromatic N) is 1. The van der Waals surface area contributed by atoms with Crippen molar-refractivity contribution in [2.24, 2.45) is 0 Å². The van der Waals surface area contributed by atoms with Crippen LogP contribution in [0, 0.1) is 10.1 Å². The molecule has 0 saturated heterocycles. The lowest BCUT2D eigenvalue weighted by Crippen LogP contribution is -2.17. The van der Waals surface area contributed by atoms with E-state index in [9.17, 15) is 15.2 Å². The van der Waals surface area contributed by atoms with Gasteiger partial charge in [-0.1, -0.05) is 18.2 Å². The summed E-state index contributed by atoms with van der Waals surface area (Å²) >= 11 is 0. The first kappa shape index (κ1) is 15.1. The van der Waals surface area contributed by atoms with Crippen LogP contribution in [0.5, 0.6) is 5.75 Å². The molecule has 0 aliphatic carbocycles. The molecule has 0 amide bonds. The monoisotopic (exact) mass is 311 g/mol. The predicted molar refractivity (Wildman–Crippen MR) is 88.5 cm³/mol. The van der Waals surface area contributed by atoms with Gasteiger partial charge in [-0.05, 0) is 36.7 Å². The van der Waals surface area contributed by atoms with Gasteiger partial charge >= 0.3 is 0 Å². The summed E-state index contributed by atoms with van der Waals surface area (Å²) in [7, 11) is 0. The van der Waals surface area contributed by atoms with Crippen LogP contribution in [-0.2, 0) is 13.0 Å². The maximum Gasteiger partial charge on any atom is 0.273 e. The van der Waals surface area contributed by atoms with Gasteiger partial charge in [0.25, 0.3) is 5.69 Å². The first-order chi connectivity index (χ1) is 11.1. The van der Waals surface area contributed by atoms with E-state index in [4.69, 9.17) is 0 Å². The summed E-state index contributed by atoms with van der Waals surface area (Å²) in [6, 6.07) is 12.0. The first-order valence-electron chi connectivity index (χ1n) is 7.37. The Kier molecular flexibility index (Phi) is 4.25. The summed E-state index contributed by atoms with van der Waals surface area (Å²) in [6.45, 7) is 1.14. The molecule has 0 aliphatic rings. The summed E-state index contributed by atoms with van der Waals surface area (Å²) in [5.41, 5.74) is 2.90. The number of benzene rings is 2. The Morgan fingerprint density at radius 1 is 1.17 bits per heavy atom. The molecule has 0 unspecified atom stereocenters. The lowest BCUT2D eigenvalue weighted by Gasteiger charge is -2.05. The Morgan fingerprint density at radius 3 is 2.83 bits per heavy atom. The van der Waals surface area contributed by atoms with Gasteiger partial charge in [-0.25, -0.2) is 0 Å². The summed E-state index contributed by atoms with van der Waals surface area (Å²) in [4.78, 5) is 13.8. The fourth-order valence-electron chi connectivity index (χ4n) is 2.66. The summed E-state index contributed by atoms with van der Waals surface area (Å²) in [5, 5.41) is 24.8. The molecule has 23 heavy (non-hydrogen) atoms. The fourth-order valence-corrected chi connectivity index (χ4v) is 2.66. The van der Waals surface area contributed by atoms with Gasteiger partial charge in [-0.15, -0.1) is 0 Å². The highest BCUT2D eigenvalue weighted by Crippen LogP contribution is 2.23. The number of hydrogen-bond acceptors (Lipinski definition) is 4. The summed E-state index contributed by atoms with van der Waals surface area (Å²) in [6.07, 6.45) is 2.70. The third-order valence-corrected chi connectivity index (χ3v) is 3.83. The molecular formula is C17H17N3O3. The van der Waals surface area contributed by atoms with E-state index in [2.05, 4.69) is 10.3 Å². The number of fused-ring (bicyclic) bond motifs is 1. The molecule has 0 fully saturated rings. The molecule has 6 nitrogen and oxygen atoms in total. The van der Waals surface area contributed by atoms with Gasteiger partial charge in [-0.2, -0.15) is 0 Å². The fraction of sp³-hybridized carbons (Fsp3) is 0.176. The zero-order valence-corrected chi connectivity index (χ0v) is 12.5. The van der Waals surface area contributed by atoms with Crippen molar-refractivity contribution >= 4 is 16.6 Å². The van der Waals surface area contributed by atoms with E-state index in [-0.39, 0.29) is 16.4 Å². The average molecular weight is 311 g/mol. The van der Waals surface area contributed by atoms with Gasteiger partial charge in [0.15, 0.2) is 0 Å². The summed E-state index contributed by atoms with van der Waals surface area (Å²) < 4.78 is 0. The van der Waals surface area contributed by atoms with E-state index in [0.717, 1.165) is 22.9 Å². The lowest BCUT2D eigenvalue weighted by molar-refractivity contribution is -0.385. The predicted octanol–water partition coefficient (Wildman–Crippen LogP) is 3.11. The molecular weight excluding hydrogens is 294 g/mol. The van der Waals surface area contributed by atoms with Crippen molar-refractivity contribution in [3.8, 4) is 5.75 Å². The Balaban J connectivity index is 1.61. The number of nitro groups is 1. The Labute approximate surface area is 132 Å². The molecule has 0 radical (unpaired) electrons. The van der Waals surface area contributed by atoms with Gasteiger partial charge in [0.05, 0.1) is 4.92 Å². The van der Waals surface area contributed by atoms with Crippen LogP contribution in [0.3, 0.4) is 0 Å². The van der Waals surface area contributed by atoms with Crippen LogP contribution >= 0.6 is 0 Å². The zero-order chi connectivity index (χ0) is 16.2. The van der Waals surface area contributed by atoms with Crippen LogP contribution < -0.4 is 5.32 Å². The lowest BCUT2D eigenvalue weighted by atomic mass is 10.1. The van der Waals surface area contributed by atoms with Gasteiger partial charge in [-0.3, -0.25) is 10.1 Å². The Hall–Kier alpha value is -2.86. The van der Waals surface area contributed by atoms with E-state index < -0.39 is 0 Å². The minimum atomic E-state index is -0.362. The van der Waals surface area contributed by atoms with Gasteiger partial charge in [0, 0.05) is 35.3 Å². The third kappa shape index (κ3) is 3.32. The maximum atomic E-state index is 11.0. The quantitative estimate of drug-likeness (QED) is 0.370. The number of phenols is 1. The van der Waals surface area contributed by atoms with Crippen molar-refractivity contribution in [1.82, 2.24) is 10.3 Å². The van der Waals surface area contributed by atoms with Crippen LogP contribution in [0.1, 0.15) is 11.1 Å². The Bertz CT molecular complexity index is 842. The topological polar surface area (TPSA) is 91.2 Å². The molecule has 0 aliphatic heterocycles. The average Bonchev–Trinajstić information content (AvgIpc) is 2.94. The molecule has 3 N–H and O–H groups in total. The third-order valence-electron chi connectivity index (χ3n) is 3.83. The van der Waals surface area contributed by atoms with Crippen LogP contribution in [0.2, 0.25) is 0 Å². The minimum Gasteiger partial charge on any atom is -0.508 e. The second kappa shape index (κ2) is 6.50. The number of aromatic amines is 1. The normalized spacial score (nSPS) is 11.0. The molecule has 3 aromatic rings. The van der Waals surface area contributed by atoms with Crippen molar-refractivity contribution in [2.75, 3.05) is 6.54 Å². The molecule has 118 valence electrons. The highest BCUT2D eigenvalue weighted by Gasteiger charge is 2.11.